The maximum Gasteiger partial charge on any atom is 0.433 e. The van der Waals surface area contributed by atoms with Gasteiger partial charge in [0.05, 0.1) is 25.4 Å². The number of rotatable bonds is 2. The lowest BCUT2D eigenvalue weighted by atomic mass is 10.2. The minimum absolute atomic E-state index is 0.0825. The molecule has 0 aromatic carbocycles. The standard InChI is InChI=1S/C11H15F3N4O2/c1-6-5-20-7(4-19)3-18(6)9-2-8(11(12,13)14)16-10(15)17-9/h2,6-7,19H,3-5H2,1H3,(H2,15,16,17). The Hall–Kier alpha value is -1.61. The van der Waals surface area contributed by atoms with Gasteiger partial charge in [-0.1, -0.05) is 0 Å². The van der Waals surface area contributed by atoms with Crippen molar-refractivity contribution in [1.82, 2.24) is 9.97 Å². The molecule has 0 bridgehead atoms. The van der Waals surface area contributed by atoms with Crippen molar-refractivity contribution in [3.8, 4) is 0 Å². The first-order valence-electron chi connectivity index (χ1n) is 6.02. The Bertz CT molecular complexity index is 483. The van der Waals surface area contributed by atoms with Gasteiger partial charge in [0.25, 0.3) is 0 Å². The van der Waals surface area contributed by atoms with Crippen LogP contribution in [0.4, 0.5) is 24.9 Å². The number of ether oxygens (including phenoxy) is 1. The number of aliphatic hydroxyl groups is 1. The Kier molecular flexibility index (Phi) is 4.00. The number of morpholine rings is 1. The van der Waals surface area contributed by atoms with Gasteiger partial charge >= 0.3 is 6.18 Å². The highest BCUT2D eigenvalue weighted by atomic mass is 19.4. The molecule has 112 valence electrons. The Morgan fingerprint density at radius 3 is 2.80 bits per heavy atom. The normalized spacial score (nSPS) is 23.9. The summed E-state index contributed by atoms with van der Waals surface area (Å²) in [5.74, 6) is -0.354. The van der Waals surface area contributed by atoms with Crippen molar-refractivity contribution in [3.63, 3.8) is 0 Å². The Labute approximate surface area is 113 Å². The summed E-state index contributed by atoms with van der Waals surface area (Å²) in [6.45, 7) is 2.11. The number of nitrogens with zero attached hydrogens (tertiary/aromatic N) is 3. The predicted molar refractivity (Wildman–Crippen MR) is 65.1 cm³/mol. The fourth-order valence-electron chi connectivity index (χ4n) is 1.99. The van der Waals surface area contributed by atoms with Gasteiger partial charge in [-0.3, -0.25) is 0 Å². The van der Waals surface area contributed by atoms with Gasteiger partial charge in [0.2, 0.25) is 5.95 Å². The van der Waals surface area contributed by atoms with Crippen molar-refractivity contribution < 1.29 is 23.0 Å². The van der Waals surface area contributed by atoms with Crippen LogP contribution in [0.1, 0.15) is 12.6 Å². The third-order valence-corrected chi connectivity index (χ3v) is 3.02. The second-order valence-electron chi connectivity index (χ2n) is 4.61. The number of nitrogen functional groups attached to an aromatic ring is 1. The highest BCUT2D eigenvalue weighted by molar-refractivity contribution is 5.45. The van der Waals surface area contributed by atoms with E-state index in [0.717, 1.165) is 6.07 Å². The van der Waals surface area contributed by atoms with Crippen LogP contribution in [0.25, 0.3) is 0 Å². The van der Waals surface area contributed by atoms with Crippen LogP contribution in [0.5, 0.6) is 0 Å². The molecule has 6 nitrogen and oxygen atoms in total. The topological polar surface area (TPSA) is 84.5 Å². The Balaban J connectivity index is 2.33. The van der Waals surface area contributed by atoms with Crippen LogP contribution in [0.2, 0.25) is 0 Å². The van der Waals surface area contributed by atoms with Crippen molar-refractivity contribution in [2.75, 3.05) is 30.4 Å². The van der Waals surface area contributed by atoms with E-state index in [0.29, 0.717) is 0 Å². The van der Waals surface area contributed by atoms with Crippen molar-refractivity contribution in [3.05, 3.63) is 11.8 Å². The fraction of sp³-hybridized carbons (Fsp3) is 0.636. The molecule has 3 N–H and O–H groups in total. The van der Waals surface area contributed by atoms with Crippen LogP contribution in [0.3, 0.4) is 0 Å². The third-order valence-electron chi connectivity index (χ3n) is 3.02. The summed E-state index contributed by atoms with van der Waals surface area (Å²) in [5.41, 5.74) is 4.26. The lowest BCUT2D eigenvalue weighted by Crippen LogP contribution is -2.50. The molecule has 2 atom stereocenters. The quantitative estimate of drug-likeness (QED) is 0.833. The van der Waals surface area contributed by atoms with Gasteiger partial charge in [-0.2, -0.15) is 18.2 Å². The Morgan fingerprint density at radius 1 is 1.50 bits per heavy atom. The number of aromatic nitrogens is 2. The molecule has 2 unspecified atom stereocenters. The molecular weight excluding hydrogens is 277 g/mol. The maximum absolute atomic E-state index is 12.7. The molecule has 1 aliphatic rings. The summed E-state index contributed by atoms with van der Waals surface area (Å²) in [6.07, 6.45) is -5.05. The van der Waals surface area contributed by atoms with Crippen molar-refractivity contribution in [2.45, 2.75) is 25.2 Å². The number of anilines is 2. The van der Waals surface area contributed by atoms with E-state index in [1.54, 1.807) is 11.8 Å². The van der Waals surface area contributed by atoms with E-state index in [2.05, 4.69) is 9.97 Å². The molecule has 0 radical (unpaired) electrons. The SMILES string of the molecule is CC1COC(CO)CN1c1cc(C(F)(F)F)nc(N)n1. The van der Waals surface area contributed by atoms with Crippen molar-refractivity contribution in [2.24, 2.45) is 0 Å². The van der Waals surface area contributed by atoms with Gasteiger partial charge in [-0.15, -0.1) is 0 Å². The zero-order valence-corrected chi connectivity index (χ0v) is 10.8. The summed E-state index contributed by atoms with van der Waals surface area (Å²) in [7, 11) is 0. The van der Waals surface area contributed by atoms with E-state index in [9.17, 15) is 13.2 Å². The maximum atomic E-state index is 12.7. The van der Waals surface area contributed by atoms with Gasteiger partial charge in [0.1, 0.15) is 5.82 Å². The monoisotopic (exact) mass is 292 g/mol. The third kappa shape index (κ3) is 3.10. The van der Waals surface area contributed by atoms with Crippen molar-refractivity contribution in [1.29, 1.82) is 0 Å². The molecule has 2 rings (SSSR count). The molecule has 1 aromatic heterocycles. The molecule has 0 aliphatic carbocycles. The number of halogens is 3. The highest BCUT2D eigenvalue weighted by Gasteiger charge is 2.35. The molecule has 2 heterocycles. The summed E-state index contributed by atoms with van der Waals surface area (Å²) < 4.78 is 43.5. The molecule has 1 aliphatic heterocycles. The summed E-state index contributed by atoms with van der Waals surface area (Å²) in [5, 5.41) is 9.09. The van der Waals surface area contributed by atoms with Gasteiger partial charge < -0.3 is 20.5 Å². The van der Waals surface area contributed by atoms with E-state index < -0.39 is 23.9 Å². The molecule has 0 saturated carbocycles. The lowest BCUT2D eigenvalue weighted by Gasteiger charge is -2.38. The van der Waals surface area contributed by atoms with E-state index >= 15 is 0 Å². The molecule has 9 heteroatoms. The minimum atomic E-state index is -4.59. The molecule has 20 heavy (non-hydrogen) atoms. The van der Waals surface area contributed by atoms with E-state index in [1.807, 2.05) is 0 Å². The van der Waals surface area contributed by atoms with E-state index in [4.69, 9.17) is 15.6 Å². The van der Waals surface area contributed by atoms with E-state index in [-0.39, 0.29) is 31.6 Å². The second kappa shape index (κ2) is 5.41. The van der Waals surface area contributed by atoms with Crippen LogP contribution in [0, 0.1) is 0 Å². The van der Waals surface area contributed by atoms with Crippen LogP contribution >= 0.6 is 0 Å². The average Bonchev–Trinajstić information content (AvgIpc) is 2.37. The molecular formula is C11H15F3N4O2. The molecule has 1 fully saturated rings. The second-order valence-corrected chi connectivity index (χ2v) is 4.61. The Morgan fingerprint density at radius 2 is 2.20 bits per heavy atom. The van der Waals surface area contributed by atoms with Gasteiger partial charge in [-0.25, -0.2) is 4.98 Å². The molecule has 0 amide bonds. The van der Waals surface area contributed by atoms with Crippen LogP contribution in [0.15, 0.2) is 6.07 Å². The zero-order valence-electron chi connectivity index (χ0n) is 10.8. The smallest absolute Gasteiger partial charge is 0.394 e. The van der Waals surface area contributed by atoms with Crippen LogP contribution < -0.4 is 10.6 Å². The predicted octanol–water partition coefficient (Wildman–Crippen LogP) is 0.664. The molecule has 1 saturated heterocycles. The van der Waals surface area contributed by atoms with Gasteiger partial charge in [0.15, 0.2) is 5.69 Å². The number of hydrogen-bond acceptors (Lipinski definition) is 6. The largest absolute Gasteiger partial charge is 0.433 e. The van der Waals surface area contributed by atoms with Gasteiger partial charge in [0, 0.05) is 12.6 Å². The highest BCUT2D eigenvalue weighted by Crippen LogP contribution is 2.31. The summed E-state index contributed by atoms with van der Waals surface area (Å²) >= 11 is 0. The molecule has 0 spiro atoms. The van der Waals surface area contributed by atoms with Crippen LogP contribution in [-0.2, 0) is 10.9 Å². The minimum Gasteiger partial charge on any atom is -0.394 e. The average molecular weight is 292 g/mol. The zero-order chi connectivity index (χ0) is 14.9. The fourth-order valence-corrected chi connectivity index (χ4v) is 1.99. The summed E-state index contributed by atoms with van der Waals surface area (Å²) in [6, 6.07) is 0.681. The van der Waals surface area contributed by atoms with Crippen LogP contribution in [-0.4, -0.2) is 47.0 Å². The van der Waals surface area contributed by atoms with Crippen molar-refractivity contribution >= 4 is 11.8 Å². The number of alkyl halides is 3. The first-order chi connectivity index (χ1) is 9.31. The summed E-state index contributed by atoms with van der Waals surface area (Å²) in [4.78, 5) is 8.67. The lowest BCUT2D eigenvalue weighted by molar-refractivity contribution is -0.141. The first-order valence-corrected chi connectivity index (χ1v) is 6.02. The molecule has 1 aromatic rings. The number of nitrogens with two attached hydrogens (primary N) is 1. The number of hydrogen-bond donors (Lipinski definition) is 2. The number of aliphatic hydroxyl groups excluding tert-OH is 1. The van der Waals surface area contributed by atoms with Gasteiger partial charge in [-0.05, 0) is 6.92 Å². The first kappa shape index (κ1) is 14.8. The van der Waals surface area contributed by atoms with E-state index in [1.165, 1.54) is 0 Å².